The maximum absolute atomic E-state index is 10.8. The van der Waals surface area contributed by atoms with Crippen LogP contribution in [0, 0.1) is 0 Å². The van der Waals surface area contributed by atoms with Crippen molar-refractivity contribution in [2.75, 3.05) is 21.1 Å². The molecule has 5 heteroatoms. The highest BCUT2D eigenvalue weighted by molar-refractivity contribution is 5.73. The van der Waals surface area contributed by atoms with Crippen LogP contribution in [0.1, 0.15) is 6.92 Å². The molecule has 0 saturated carbocycles. The molecular weight excluding hydrogens is 158 g/mol. The number of carboxylic acid groups (broad SMARTS) is 1. The van der Waals surface area contributed by atoms with E-state index in [-0.39, 0.29) is 4.48 Å². The SMILES string of the molecule is CC(N)(N)C(C(=O)O)[N+](C)(C)C. The summed E-state index contributed by atoms with van der Waals surface area (Å²) in [4.78, 5) is 10.8. The lowest BCUT2D eigenvalue weighted by molar-refractivity contribution is -0.891. The minimum atomic E-state index is -1.20. The van der Waals surface area contributed by atoms with Crippen molar-refractivity contribution in [1.29, 1.82) is 0 Å². The summed E-state index contributed by atoms with van der Waals surface area (Å²) in [7, 11) is 5.24. The van der Waals surface area contributed by atoms with Crippen LogP contribution >= 0.6 is 0 Å². The van der Waals surface area contributed by atoms with Crippen molar-refractivity contribution in [3.8, 4) is 0 Å². The highest BCUT2D eigenvalue weighted by atomic mass is 16.4. The Morgan fingerprint density at radius 1 is 1.42 bits per heavy atom. The van der Waals surface area contributed by atoms with Crippen LogP contribution in [0.3, 0.4) is 0 Å². The van der Waals surface area contributed by atoms with E-state index in [0.717, 1.165) is 0 Å². The van der Waals surface area contributed by atoms with Gasteiger partial charge in [-0.05, 0) is 6.92 Å². The first kappa shape index (κ1) is 11.4. The molecule has 1 unspecified atom stereocenters. The standard InChI is InChI=1S/C7H17N3O2/c1-7(8,9)5(6(11)12)10(2,3)4/h5H,8-9H2,1-4H3/p+1. The quantitative estimate of drug-likeness (QED) is 0.371. The number of rotatable bonds is 3. The lowest BCUT2D eigenvalue weighted by Gasteiger charge is -2.38. The highest BCUT2D eigenvalue weighted by Crippen LogP contribution is 2.11. The van der Waals surface area contributed by atoms with Gasteiger partial charge in [-0.2, -0.15) is 0 Å². The van der Waals surface area contributed by atoms with Crippen LogP contribution < -0.4 is 11.5 Å². The first-order chi connectivity index (χ1) is 5.07. The predicted molar refractivity (Wildman–Crippen MR) is 46.2 cm³/mol. The Bertz CT molecular complexity index is 164. The Kier molecular flexibility index (Phi) is 2.84. The third kappa shape index (κ3) is 2.77. The number of likely N-dealkylation sites (N-methyl/N-ethyl adjacent to an activating group) is 1. The molecule has 0 aromatic rings. The van der Waals surface area contributed by atoms with Gasteiger partial charge >= 0.3 is 5.97 Å². The van der Waals surface area contributed by atoms with Crippen molar-refractivity contribution in [1.82, 2.24) is 0 Å². The topological polar surface area (TPSA) is 89.3 Å². The molecule has 1 atom stereocenters. The van der Waals surface area contributed by atoms with Crippen LogP contribution in [0.4, 0.5) is 0 Å². The van der Waals surface area contributed by atoms with E-state index in [0.29, 0.717) is 0 Å². The van der Waals surface area contributed by atoms with E-state index < -0.39 is 17.7 Å². The Morgan fingerprint density at radius 3 is 1.75 bits per heavy atom. The summed E-state index contributed by atoms with van der Waals surface area (Å²) in [6, 6.07) is -0.808. The second kappa shape index (κ2) is 3.01. The summed E-state index contributed by atoms with van der Waals surface area (Å²) in [5, 5.41) is 8.87. The zero-order valence-electron chi connectivity index (χ0n) is 8.03. The van der Waals surface area contributed by atoms with E-state index in [9.17, 15) is 4.79 Å². The number of nitrogens with two attached hydrogens (primary N) is 2. The maximum Gasteiger partial charge on any atom is 0.365 e. The molecule has 0 aliphatic rings. The minimum Gasteiger partial charge on any atom is -0.477 e. The molecule has 0 bridgehead atoms. The number of carboxylic acids is 1. The summed E-state index contributed by atoms with van der Waals surface area (Å²) in [6.45, 7) is 1.51. The molecule has 0 radical (unpaired) electrons. The zero-order chi connectivity index (χ0) is 10.2. The molecule has 5 N–H and O–H groups in total. The number of hydrogen-bond acceptors (Lipinski definition) is 3. The molecule has 0 spiro atoms. The van der Waals surface area contributed by atoms with Gasteiger partial charge in [-0.25, -0.2) is 4.79 Å². The Labute approximate surface area is 72.5 Å². The normalized spacial score (nSPS) is 15.8. The van der Waals surface area contributed by atoms with Gasteiger partial charge in [0.2, 0.25) is 6.04 Å². The first-order valence-corrected chi connectivity index (χ1v) is 3.68. The Morgan fingerprint density at radius 2 is 1.75 bits per heavy atom. The fraction of sp³-hybridized carbons (Fsp3) is 0.857. The molecule has 0 fully saturated rings. The monoisotopic (exact) mass is 176 g/mol. The summed E-state index contributed by atoms with van der Waals surface area (Å²) in [5.74, 6) is -0.977. The second-order valence-electron chi connectivity index (χ2n) is 4.22. The van der Waals surface area contributed by atoms with E-state index in [2.05, 4.69) is 0 Å². The molecule has 0 aromatic carbocycles. The average Bonchev–Trinajstić information content (AvgIpc) is 1.49. The summed E-state index contributed by atoms with van der Waals surface area (Å²) in [5.41, 5.74) is 9.89. The van der Waals surface area contributed by atoms with Gasteiger partial charge in [0.1, 0.15) is 5.66 Å². The molecule has 0 saturated heterocycles. The summed E-state index contributed by atoms with van der Waals surface area (Å²) >= 11 is 0. The number of hydrogen-bond donors (Lipinski definition) is 3. The van der Waals surface area contributed by atoms with Gasteiger partial charge in [0.25, 0.3) is 0 Å². The van der Waals surface area contributed by atoms with Gasteiger partial charge in [-0.3, -0.25) is 0 Å². The predicted octanol–water partition coefficient (Wildman–Crippen LogP) is -1.22. The molecule has 0 heterocycles. The molecule has 0 aromatic heterocycles. The largest absolute Gasteiger partial charge is 0.477 e. The van der Waals surface area contributed by atoms with Crippen LogP contribution in [0.25, 0.3) is 0 Å². The van der Waals surface area contributed by atoms with Crippen molar-refractivity contribution >= 4 is 5.97 Å². The molecule has 0 aliphatic carbocycles. The smallest absolute Gasteiger partial charge is 0.365 e. The molecule has 0 amide bonds. The lowest BCUT2D eigenvalue weighted by Crippen LogP contribution is -2.69. The van der Waals surface area contributed by atoms with Gasteiger partial charge in [0.15, 0.2) is 0 Å². The number of aliphatic carboxylic acids is 1. The van der Waals surface area contributed by atoms with Gasteiger partial charge < -0.3 is 21.1 Å². The Balaban J connectivity index is 4.82. The van der Waals surface area contributed by atoms with Crippen LogP contribution in [0.2, 0.25) is 0 Å². The van der Waals surface area contributed by atoms with E-state index in [4.69, 9.17) is 16.6 Å². The first-order valence-electron chi connectivity index (χ1n) is 3.68. The van der Waals surface area contributed by atoms with Crippen molar-refractivity contribution in [3.05, 3.63) is 0 Å². The zero-order valence-corrected chi connectivity index (χ0v) is 8.03. The second-order valence-corrected chi connectivity index (χ2v) is 4.22. The third-order valence-corrected chi connectivity index (χ3v) is 1.60. The van der Waals surface area contributed by atoms with Crippen molar-refractivity contribution in [2.45, 2.75) is 18.6 Å². The van der Waals surface area contributed by atoms with E-state index in [1.165, 1.54) is 6.92 Å². The fourth-order valence-corrected chi connectivity index (χ4v) is 1.43. The van der Waals surface area contributed by atoms with Gasteiger partial charge in [-0.1, -0.05) is 0 Å². The van der Waals surface area contributed by atoms with Crippen molar-refractivity contribution in [2.24, 2.45) is 11.5 Å². The van der Waals surface area contributed by atoms with Crippen LogP contribution in [0.5, 0.6) is 0 Å². The molecule has 12 heavy (non-hydrogen) atoms. The van der Waals surface area contributed by atoms with Crippen LogP contribution in [0.15, 0.2) is 0 Å². The van der Waals surface area contributed by atoms with Crippen LogP contribution in [-0.4, -0.2) is 48.4 Å². The molecule has 72 valence electrons. The van der Waals surface area contributed by atoms with Gasteiger partial charge in [-0.15, -0.1) is 0 Å². The fourth-order valence-electron chi connectivity index (χ4n) is 1.43. The average molecular weight is 176 g/mol. The lowest BCUT2D eigenvalue weighted by atomic mass is 10.0. The molecule has 5 nitrogen and oxygen atoms in total. The molecule has 0 aliphatic heterocycles. The van der Waals surface area contributed by atoms with E-state index in [1.807, 2.05) is 0 Å². The third-order valence-electron chi connectivity index (χ3n) is 1.60. The maximum atomic E-state index is 10.8. The summed E-state index contributed by atoms with van der Waals surface area (Å²) < 4.78 is 0.207. The van der Waals surface area contributed by atoms with Gasteiger partial charge in [0, 0.05) is 0 Å². The van der Waals surface area contributed by atoms with Crippen molar-refractivity contribution < 1.29 is 14.4 Å². The van der Waals surface area contributed by atoms with Crippen LogP contribution in [-0.2, 0) is 4.79 Å². The Hall–Kier alpha value is -0.650. The highest BCUT2D eigenvalue weighted by Gasteiger charge is 2.43. The molecular formula is C7H18N3O2+. The minimum absolute atomic E-state index is 0.207. The molecule has 0 rings (SSSR count). The van der Waals surface area contributed by atoms with Crippen molar-refractivity contribution in [3.63, 3.8) is 0 Å². The summed E-state index contributed by atoms with van der Waals surface area (Å²) in [6.07, 6.45) is 0. The van der Waals surface area contributed by atoms with E-state index in [1.54, 1.807) is 21.1 Å². The number of carbonyl (C=O) groups is 1. The van der Waals surface area contributed by atoms with E-state index >= 15 is 0 Å². The van der Waals surface area contributed by atoms with Gasteiger partial charge in [0.05, 0.1) is 21.1 Å². The number of quaternary nitrogens is 1. The number of nitrogens with zero attached hydrogens (tertiary/aromatic N) is 1.